The average molecular weight is 318 g/mol. The van der Waals surface area contributed by atoms with E-state index in [1.807, 2.05) is 19.1 Å². The smallest absolute Gasteiger partial charge is 0.124 e. The highest BCUT2D eigenvalue weighted by atomic mass is 35.5. The molecule has 0 bridgehead atoms. The van der Waals surface area contributed by atoms with Crippen LogP contribution in [0.4, 0.5) is 4.39 Å². The first-order chi connectivity index (χ1) is 8.97. The minimum atomic E-state index is -0.320. The van der Waals surface area contributed by atoms with E-state index in [2.05, 4.69) is 12.2 Å². The first-order valence-corrected chi connectivity index (χ1v) is 7.51. The normalized spacial score (nSPS) is 14.4. The van der Waals surface area contributed by atoms with Gasteiger partial charge in [0, 0.05) is 22.0 Å². The zero-order valence-corrected chi connectivity index (χ0v) is 12.9. The Hall–Kier alpha value is -0.610. The number of hydrogen-bond donors (Lipinski definition) is 1. The second kappa shape index (κ2) is 6.23. The molecule has 1 aromatic carbocycles. The van der Waals surface area contributed by atoms with Crippen molar-refractivity contribution in [1.82, 2.24) is 5.32 Å². The van der Waals surface area contributed by atoms with Gasteiger partial charge in [-0.1, -0.05) is 29.3 Å². The van der Waals surface area contributed by atoms with Crippen LogP contribution in [0.5, 0.6) is 0 Å². The van der Waals surface area contributed by atoms with Gasteiger partial charge in [0.2, 0.25) is 0 Å². The van der Waals surface area contributed by atoms with E-state index in [0.29, 0.717) is 5.02 Å². The maximum atomic E-state index is 13.0. The van der Waals surface area contributed by atoms with E-state index in [1.54, 1.807) is 17.4 Å². The molecule has 2 atom stereocenters. The molecule has 19 heavy (non-hydrogen) atoms. The Bertz CT molecular complexity index is 570. The number of rotatable bonds is 4. The van der Waals surface area contributed by atoms with Crippen molar-refractivity contribution in [2.75, 3.05) is 0 Å². The molecule has 0 spiro atoms. The summed E-state index contributed by atoms with van der Waals surface area (Å²) in [6, 6.07) is 8.55. The largest absolute Gasteiger partial charge is 0.303 e. The van der Waals surface area contributed by atoms with Crippen LogP contribution in [0, 0.1) is 5.82 Å². The topological polar surface area (TPSA) is 12.0 Å². The molecule has 0 amide bonds. The van der Waals surface area contributed by atoms with Crippen molar-refractivity contribution in [1.29, 1.82) is 0 Å². The van der Waals surface area contributed by atoms with Crippen molar-refractivity contribution in [3.63, 3.8) is 0 Å². The van der Waals surface area contributed by atoms with E-state index in [9.17, 15) is 4.39 Å². The van der Waals surface area contributed by atoms with Crippen molar-refractivity contribution in [2.24, 2.45) is 0 Å². The molecule has 5 heteroatoms. The fraction of sp³-hybridized carbons (Fsp3) is 0.286. The summed E-state index contributed by atoms with van der Waals surface area (Å²) < 4.78 is 13.8. The predicted molar refractivity (Wildman–Crippen MR) is 80.7 cm³/mol. The minimum Gasteiger partial charge on any atom is -0.303 e. The highest BCUT2D eigenvalue weighted by Crippen LogP contribution is 2.30. The van der Waals surface area contributed by atoms with Crippen LogP contribution < -0.4 is 5.32 Å². The molecule has 1 N–H and O–H groups in total. The number of thiophene rings is 1. The van der Waals surface area contributed by atoms with Crippen LogP contribution in [0.1, 0.15) is 36.4 Å². The molecule has 1 nitrogen and oxygen atoms in total. The standard InChI is InChI=1S/C14H14Cl2FNS/c1-8(11-4-3-10(17)7-12(11)15)18-9(2)13-5-6-14(16)19-13/h3-9,18H,1-2H3. The monoisotopic (exact) mass is 317 g/mol. The molecule has 0 aliphatic rings. The van der Waals surface area contributed by atoms with Crippen LogP contribution in [0.15, 0.2) is 30.3 Å². The molecule has 0 aliphatic carbocycles. The Morgan fingerprint density at radius 3 is 2.42 bits per heavy atom. The third kappa shape index (κ3) is 3.69. The molecule has 1 aromatic heterocycles. The summed E-state index contributed by atoms with van der Waals surface area (Å²) in [4.78, 5) is 1.16. The molecular weight excluding hydrogens is 304 g/mol. The van der Waals surface area contributed by atoms with Gasteiger partial charge in [0.05, 0.1) is 4.34 Å². The lowest BCUT2D eigenvalue weighted by molar-refractivity contribution is 0.499. The fourth-order valence-corrected chi connectivity index (χ4v) is 3.36. The van der Waals surface area contributed by atoms with Gasteiger partial charge in [-0.05, 0) is 43.7 Å². The molecule has 0 aliphatic heterocycles. The zero-order valence-electron chi connectivity index (χ0n) is 10.6. The van der Waals surface area contributed by atoms with Crippen molar-refractivity contribution >= 4 is 34.5 Å². The van der Waals surface area contributed by atoms with Gasteiger partial charge in [-0.3, -0.25) is 0 Å². The minimum absolute atomic E-state index is 0.0315. The van der Waals surface area contributed by atoms with Gasteiger partial charge < -0.3 is 5.32 Å². The molecule has 0 fully saturated rings. The van der Waals surface area contributed by atoms with E-state index in [1.165, 1.54) is 12.1 Å². The molecule has 0 saturated heterocycles. The number of benzene rings is 1. The molecule has 2 rings (SSSR count). The SMILES string of the molecule is CC(NC(C)c1ccc(F)cc1Cl)c1ccc(Cl)s1. The molecule has 102 valence electrons. The summed E-state index contributed by atoms with van der Waals surface area (Å²) in [6.07, 6.45) is 0. The van der Waals surface area contributed by atoms with E-state index in [-0.39, 0.29) is 17.9 Å². The first-order valence-electron chi connectivity index (χ1n) is 5.93. The third-order valence-corrected chi connectivity index (χ3v) is 4.69. The zero-order chi connectivity index (χ0) is 14.0. The van der Waals surface area contributed by atoms with E-state index in [0.717, 1.165) is 14.8 Å². The van der Waals surface area contributed by atoms with Crippen molar-refractivity contribution < 1.29 is 4.39 Å². The van der Waals surface area contributed by atoms with Crippen LogP contribution in [0.2, 0.25) is 9.36 Å². The summed E-state index contributed by atoms with van der Waals surface area (Å²) in [5.41, 5.74) is 0.887. The Labute approximate surface area is 126 Å². The lowest BCUT2D eigenvalue weighted by Crippen LogP contribution is -2.22. The fourth-order valence-electron chi connectivity index (χ4n) is 1.96. The second-order valence-electron chi connectivity index (χ2n) is 4.42. The lowest BCUT2D eigenvalue weighted by atomic mass is 10.1. The van der Waals surface area contributed by atoms with Crippen LogP contribution in [0.25, 0.3) is 0 Å². The summed E-state index contributed by atoms with van der Waals surface area (Å²) in [6.45, 7) is 4.07. The maximum Gasteiger partial charge on any atom is 0.124 e. The number of hydrogen-bond acceptors (Lipinski definition) is 2. The van der Waals surface area contributed by atoms with Gasteiger partial charge in [-0.2, -0.15) is 0 Å². The summed E-state index contributed by atoms with van der Waals surface area (Å²) in [7, 11) is 0. The van der Waals surface area contributed by atoms with Crippen LogP contribution in [-0.4, -0.2) is 0 Å². The summed E-state index contributed by atoms with van der Waals surface area (Å²) in [5.74, 6) is -0.320. The molecule has 2 aromatic rings. The van der Waals surface area contributed by atoms with Crippen molar-refractivity contribution in [2.45, 2.75) is 25.9 Å². The van der Waals surface area contributed by atoms with Gasteiger partial charge in [-0.15, -0.1) is 11.3 Å². The first kappa shape index (κ1) is 14.8. The van der Waals surface area contributed by atoms with Crippen LogP contribution >= 0.6 is 34.5 Å². The molecule has 2 unspecified atom stereocenters. The average Bonchev–Trinajstić information content (AvgIpc) is 2.75. The number of halogens is 3. The van der Waals surface area contributed by atoms with E-state index >= 15 is 0 Å². The van der Waals surface area contributed by atoms with E-state index in [4.69, 9.17) is 23.2 Å². The Balaban J connectivity index is 2.10. The van der Waals surface area contributed by atoms with Crippen molar-refractivity contribution in [3.05, 3.63) is 55.9 Å². The quantitative estimate of drug-likeness (QED) is 0.773. The van der Waals surface area contributed by atoms with Gasteiger partial charge in [0.1, 0.15) is 5.82 Å². The van der Waals surface area contributed by atoms with Crippen molar-refractivity contribution in [3.8, 4) is 0 Å². The molecule has 1 heterocycles. The van der Waals surface area contributed by atoms with Gasteiger partial charge in [0.25, 0.3) is 0 Å². The van der Waals surface area contributed by atoms with Crippen LogP contribution in [0.3, 0.4) is 0 Å². The Kier molecular flexibility index (Phi) is 4.85. The Morgan fingerprint density at radius 1 is 1.11 bits per heavy atom. The van der Waals surface area contributed by atoms with Crippen LogP contribution in [-0.2, 0) is 0 Å². The number of nitrogens with one attached hydrogen (secondary N) is 1. The highest BCUT2D eigenvalue weighted by Gasteiger charge is 2.15. The summed E-state index contributed by atoms with van der Waals surface area (Å²) >= 11 is 13.5. The maximum absolute atomic E-state index is 13.0. The van der Waals surface area contributed by atoms with Gasteiger partial charge >= 0.3 is 0 Å². The second-order valence-corrected chi connectivity index (χ2v) is 6.57. The molecule has 0 saturated carbocycles. The third-order valence-electron chi connectivity index (χ3n) is 2.95. The molecular formula is C14H14Cl2FNS. The summed E-state index contributed by atoms with van der Waals surface area (Å²) in [5, 5.41) is 3.87. The van der Waals surface area contributed by atoms with E-state index < -0.39 is 0 Å². The predicted octanol–water partition coefficient (Wildman–Crippen LogP) is 5.61. The highest BCUT2D eigenvalue weighted by molar-refractivity contribution is 7.16. The van der Waals surface area contributed by atoms with Gasteiger partial charge in [-0.25, -0.2) is 4.39 Å². The van der Waals surface area contributed by atoms with Gasteiger partial charge in [0.15, 0.2) is 0 Å². The lowest BCUT2D eigenvalue weighted by Gasteiger charge is -2.20. The Morgan fingerprint density at radius 2 is 1.84 bits per heavy atom. The molecule has 0 radical (unpaired) electrons.